The second-order valence-electron chi connectivity index (χ2n) is 6.83. The van der Waals surface area contributed by atoms with Crippen molar-refractivity contribution in [1.82, 2.24) is 0 Å². The van der Waals surface area contributed by atoms with Crippen LogP contribution in [0.2, 0.25) is 10.0 Å². The van der Waals surface area contributed by atoms with Crippen molar-refractivity contribution in [3.63, 3.8) is 0 Å². The highest BCUT2D eigenvalue weighted by atomic mass is 35.5. The normalized spacial score (nSPS) is 18.5. The first-order chi connectivity index (χ1) is 12.3. The van der Waals surface area contributed by atoms with Gasteiger partial charge in [-0.15, -0.1) is 0 Å². The van der Waals surface area contributed by atoms with E-state index in [9.17, 15) is 9.59 Å². The van der Waals surface area contributed by atoms with Crippen LogP contribution in [0.1, 0.15) is 31.7 Å². The van der Waals surface area contributed by atoms with E-state index in [0.29, 0.717) is 28.1 Å². The van der Waals surface area contributed by atoms with Crippen molar-refractivity contribution in [1.29, 1.82) is 0 Å². The van der Waals surface area contributed by atoms with E-state index in [0.717, 1.165) is 5.69 Å². The maximum atomic E-state index is 12.3. The molecule has 136 valence electrons. The van der Waals surface area contributed by atoms with Gasteiger partial charge in [-0.3, -0.25) is 9.59 Å². The summed E-state index contributed by atoms with van der Waals surface area (Å²) in [5, 5.41) is 6.46. The van der Waals surface area contributed by atoms with Crippen LogP contribution in [0.3, 0.4) is 0 Å². The minimum Gasteiger partial charge on any atom is -0.326 e. The Morgan fingerprint density at radius 3 is 1.96 bits per heavy atom. The Morgan fingerprint density at radius 1 is 0.885 bits per heavy atom. The number of rotatable bonds is 5. The van der Waals surface area contributed by atoms with Crippen molar-refractivity contribution in [2.45, 2.75) is 26.2 Å². The van der Waals surface area contributed by atoms with Crippen LogP contribution >= 0.6 is 23.2 Å². The van der Waals surface area contributed by atoms with Crippen molar-refractivity contribution in [2.75, 3.05) is 10.6 Å². The molecule has 0 bridgehead atoms. The van der Waals surface area contributed by atoms with Crippen LogP contribution < -0.4 is 10.6 Å². The van der Waals surface area contributed by atoms with Crippen LogP contribution in [0.5, 0.6) is 0 Å². The smallest absolute Gasteiger partial charge is 0.228 e. The standard InChI is InChI=1S/C20H20Cl2N2O2/c1-11(2)12-3-5-13(6-4-12)23-19(25)15-10-16(15)20(26)24-14-7-8-17(21)18(22)9-14/h3-9,11,15-16H,10H2,1-2H3,(H,23,25)(H,24,26). The number of carbonyl (C=O) groups is 2. The van der Waals surface area contributed by atoms with Crippen molar-refractivity contribution < 1.29 is 9.59 Å². The van der Waals surface area contributed by atoms with Crippen LogP contribution in [-0.4, -0.2) is 11.8 Å². The van der Waals surface area contributed by atoms with Crippen LogP contribution in [0.4, 0.5) is 11.4 Å². The minimum atomic E-state index is -0.320. The molecule has 0 radical (unpaired) electrons. The zero-order valence-corrected chi connectivity index (χ0v) is 16.1. The number of hydrogen-bond donors (Lipinski definition) is 2. The molecule has 0 aromatic heterocycles. The monoisotopic (exact) mass is 390 g/mol. The van der Waals surface area contributed by atoms with Gasteiger partial charge in [0.2, 0.25) is 11.8 Å². The molecule has 2 unspecified atom stereocenters. The number of carbonyl (C=O) groups excluding carboxylic acids is 2. The summed E-state index contributed by atoms with van der Waals surface area (Å²) in [6.07, 6.45) is 0.545. The molecule has 0 spiro atoms. The first-order valence-electron chi connectivity index (χ1n) is 8.52. The molecule has 1 saturated carbocycles. The molecule has 3 rings (SSSR count). The van der Waals surface area contributed by atoms with Gasteiger partial charge >= 0.3 is 0 Å². The lowest BCUT2D eigenvalue weighted by atomic mass is 10.0. The fraction of sp³-hybridized carbons (Fsp3) is 0.300. The maximum absolute atomic E-state index is 12.3. The molecule has 2 aromatic carbocycles. The van der Waals surface area contributed by atoms with Crippen molar-refractivity contribution in [3.8, 4) is 0 Å². The lowest BCUT2D eigenvalue weighted by Crippen LogP contribution is -2.20. The summed E-state index contributed by atoms with van der Waals surface area (Å²) in [7, 11) is 0. The molecular formula is C20H20Cl2N2O2. The third-order valence-electron chi connectivity index (χ3n) is 4.50. The number of hydrogen-bond acceptors (Lipinski definition) is 2. The molecule has 1 fully saturated rings. The van der Waals surface area contributed by atoms with E-state index in [1.165, 1.54) is 5.56 Å². The lowest BCUT2D eigenvalue weighted by molar-refractivity contribution is -0.122. The third-order valence-corrected chi connectivity index (χ3v) is 5.24. The Kier molecular flexibility index (Phi) is 5.54. The fourth-order valence-corrected chi connectivity index (χ4v) is 3.07. The summed E-state index contributed by atoms with van der Waals surface area (Å²) in [5.41, 5.74) is 2.53. The zero-order chi connectivity index (χ0) is 18.8. The summed E-state index contributed by atoms with van der Waals surface area (Å²) in [5.74, 6) is -0.491. The number of halogens is 2. The molecule has 6 heteroatoms. The van der Waals surface area contributed by atoms with Gasteiger partial charge in [-0.05, 0) is 48.2 Å². The van der Waals surface area contributed by atoms with Gasteiger partial charge in [0, 0.05) is 11.4 Å². The van der Waals surface area contributed by atoms with Gasteiger partial charge in [0.1, 0.15) is 0 Å². The Labute approximate surface area is 162 Å². The van der Waals surface area contributed by atoms with Gasteiger partial charge in [-0.2, -0.15) is 0 Å². The lowest BCUT2D eigenvalue weighted by Gasteiger charge is -2.09. The quantitative estimate of drug-likeness (QED) is 0.724. The van der Waals surface area contributed by atoms with Crippen molar-refractivity contribution >= 4 is 46.4 Å². The Balaban J connectivity index is 1.54. The molecular weight excluding hydrogens is 371 g/mol. The van der Waals surface area contributed by atoms with Gasteiger partial charge in [0.05, 0.1) is 21.9 Å². The van der Waals surface area contributed by atoms with Gasteiger partial charge in [-0.25, -0.2) is 0 Å². The maximum Gasteiger partial charge on any atom is 0.228 e. The number of nitrogens with one attached hydrogen (secondary N) is 2. The van der Waals surface area contributed by atoms with E-state index >= 15 is 0 Å². The Hall–Kier alpha value is -2.04. The van der Waals surface area contributed by atoms with Gasteiger partial charge in [-0.1, -0.05) is 49.2 Å². The molecule has 2 N–H and O–H groups in total. The summed E-state index contributed by atoms with van der Waals surface area (Å²) in [6.45, 7) is 4.24. The molecule has 2 atom stereocenters. The van der Waals surface area contributed by atoms with Crippen LogP contribution in [0.15, 0.2) is 42.5 Å². The molecule has 4 nitrogen and oxygen atoms in total. The molecule has 0 aliphatic heterocycles. The summed E-state index contributed by atoms with van der Waals surface area (Å²) < 4.78 is 0. The van der Waals surface area contributed by atoms with E-state index in [-0.39, 0.29) is 23.7 Å². The van der Waals surface area contributed by atoms with E-state index in [4.69, 9.17) is 23.2 Å². The molecule has 2 aromatic rings. The predicted molar refractivity (Wildman–Crippen MR) is 106 cm³/mol. The number of anilines is 2. The first kappa shape index (κ1) is 18.7. The van der Waals surface area contributed by atoms with E-state index < -0.39 is 0 Å². The van der Waals surface area contributed by atoms with Gasteiger partial charge < -0.3 is 10.6 Å². The third kappa shape index (κ3) is 4.37. The Morgan fingerprint density at radius 2 is 1.42 bits per heavy atom. The zero-order valence-electron chi connectivity index (χ0n) is 14.6. The minimum absolute atomic E-state index is 0.128. The predicted octanol–water partition coefficient (Wildman–Crippen LogP) is 5.33. The summed E-state index contributed by atoms with van der Waals surface area (Å²) in [4.78, 5) is 24.6. The molecule has 2 amide bonds. The SMILES string of the molecule is CC(C)c1ccc(NC(=O)C2CC2C(=O)Nc2ccc(Cl)c(Cl)c2)cc1. The number of amides is 2. The molecule has 1 aliphatic rings. The average molecular weight is 391 g/mol. The molecule has 1 aliphatic carbocycles. The second kappa shape index (κ2) is 7.68. The van der Waals surface area contributed by atoms with Gasteiger partial charge in [0.25, 0.3) is 0 Å². The fourth-order valence-electron chi connectivity index (χ4n) is 2.77. The molecule has 0 saturated heterocycles. The topological polar surface area (TPSA) is 58.2 Å². The van der Waals surface area contributed by atoms with Gasteiger partial charge in [0.15, 0.2) is 0 Å². The molecule has 0 heterocycles. The summed E-state index contributed by atoms with van der Waals surface area (Å²) in [6, 6.07) is 12.7. The van der Waals surface area contributed by atoms with Crippen LogP contribution in [0.25, 0.3) is 0 Å². The van der Waals surface area contributed by atoms with E-state index in [1.54, 1.807) is 18.2 Å². The molecule has 26 heavy (non-hydrogen) atoms. The highest BCUT2D eigenvalue weighted by molar-refractivity contribution is 6.42. The highest BCUT2D eigenvalue weighted by Gasteiger charge is 2.48. The van der Waals surface area contributed by atoms with E-state index in [1.807, 2.05) is 24.3 Å². The van der Waals surface area contributed by atoms with Crippen molar-refractivity contribution in [3.05, 3.63) is 58.1 Å². The number of benzene rings is 2. The average Bonchev–Trinajstić information content (AvgIpc) is 3.39. The second-order valence-corrected chi connectivity index (χ2v) is 7.65. The van der Waals surface area contributed by atoms with E-state index in [2.05, 4.69) is 24.5 Å². The first-order valence-corrected chi connectivity index (χ1v) is 9.27. The largest absolute Gasteiger partial charge is 0.326 e. The summed E-state index contributed by atoms with van der Waals surface area (Å²) >= 11 is 11.8. The Bertz CT molecular complexity index is 834. The highest BCUT2D eigenvalue weighted by Crippen LogP contribution is 2.40. The van der Waals surface area contributed by atoms with Crippen LogP contribution in [0, 0.1) is 11.8 Å². The van der Waals surface area contributed by atoms with Crippen LogP contribution in [-0.2, 0) is 9.59 Å². The van der Waals surface area contributed by atoms with Crippen molar-refractivity contribution in [2.24, 2.45) is 11.8 Å².